The van der Waals surface area contributed by atoms with E-state index < -0.39 is 24.3 Å². The van der Waals surface area contributed by atoms with Gasteiger partial charge in [0.15, 0.2) is 0 Å². The molecule has 0 aliphatic carbocycles. The number of amides is 1. The maximum Gasteiger partial charge on any atom is 0.410 e. The molecule has 6 nitrogen and oxygen atoms in total. The normalized spacial score (nSPS) is 24.9. The van der Waals surface area contributed by atoms with Crippen LogP contribution in [0.15, 0.2) is 12.4 Å². The third kappa shape index (κ3) is 4.12. The van der Waals surface area contributed by atoms with Crippen LogP contribution in [0.1, 0.15) is 50.2 Å². The summed E-state index contributed by atoms with van der Waals surface area (Å²) in [5, 5.41) is 3.97. The largest absolute Gasteiger partial charge is 0.444 e. The lowest BCUT2D eigenvalue weighted by atomic mass is 9.77. The Bertz CT molecular complexity index is 948. The van der Waals surface area contributed by atoms with Crippen LogP contribution in [0.4, 0.5) is 18.0 Å². The van der Waals surface area contributed by atoms with Crippen molar-refractivity contribution < 1.29 is 22.7 Å². The Balaban J connectivity index is 1.77. The summed E-state index contributed by atoms with van der Waals surface area (Å²) in [4.78, 5) is 24.1. The molecule has 2 unspecified atom stereocenters. The first-order valence-corrected chi connectivity index (χ1v) is 10.8. The van der Waals surface area contributed by atoms with Crippen molar-refractivity contribution in [2.75, 3.05) is 19.6 Å². The molecule has 2 aromatic heterocycles. The minimum absolute atomic E-state index is 0.194. The molecular formula is C20H25F3N4O2S. The maximum atomic E-state index is 13.0. The topological polar surface area (TPSA) is 67.3 Å². The number of halogens is 3. The highest BCUT2D eigenvalue weighted by Gasteiger charge is 2.53. The molecule has 1 spiro atoms. The monoisotopic (exact) mass is 442 g/mol. The van der Waals surface area contributed by atoms with E-state index in [-0.39, 0.29) is 16.3 Å². The van der Waals surface area contributed by atoms with Crippen molar-refractivity contribution >= 4 is 27.6 Å². The number of ether oxygens (including phenoxy) is 1. The summed E-state index contributed by atoms with van der Waals surface area (Å²) in [7, 11) is 0. The Morgan fingerprint density at radius 2 is 2.10 bits per heavy atom. The van der Waals surface area contributed by atoms with Crippen molar-refractivity contribution in [2.45, 2.75) is 57.9 Å². The van der Waals surface area contributed by atoms with Gasteiger partial charge < -0.3 is 10.1 Å². The third-order valence-electron chi connectivity index (χ3n) is 5.69. The molecule has 4 heterocycles. The SMILES string of the molecule is CC(C)(C)OC(=O)N1CCC2(CCNC2)C1c1ncnc2sc(CC(F)(F)F)cc12. The summed E-state index contributed by atoms with van der Waals surface area (Å²) in [5.41, 5.74) is -0.254. The molecule has 2 fully saturated rings. The molecule has 30 heavy (non-hydrogen) atoms. The van der Waals surface area contributed by atoms with Crippen molar-refractivity contribution in [3.8, 4) is 0 Å². The summed E-state index contributed by atoms with van der Waals surface area (Å²) in [6.07, 6.45) is -2.68. The van der Waals surface area contributed by atoms with Crippen LogP contribution < -0.4 is 5.32 Å². The molecule has 2 aliphatic rings. The zero-order valence-corrected chi connectivity index (χ0v) is 18.0. The van der Waals surface area contributed by atoms with E-state index in [0.29, 0.717) is 22.5 Å². The Labute approximate surface area is 176 Å². The van der Waals surface area contributed by atoms with Crippen LogP contribution in [-0.4, -0.2) is 52.4 Å². The summed E-state index contributed by atoms with van der Waals surface area (Å²) in [6, 6.07) is 1.16. The van der Waals surface area contributed by atoms with Crippen LogP contribution in [-0.2, 0) is 11.2 Å². The van der Waals surface area contributed by atoms with Crippen LogP contribution in [0.2, 0.25) is 0 Å². The van der Waals surface area contributed by atoms with E-state index in [9.17, 15) is 18.0 Å². The zero-order chi connectivity index (χ0) is 21.7. The fraction of sp³-hybridized carbons (Fsp3) is 0.650. The predicted molar refractivity (Wildman–Crippen MR) is 107 cm³/mol. The Morgan fingerprint density at radius 1 is 1.33 bits per heavy atom. The average Bonchev–Trinajstić information content (AvgIpc) is 3.30. The van der Waals surface area contributed by atoms with E-state index in [1.807, 2.05) is 20.8 Å². The number of hydrogen-bond donors (Lipinski definition) is 1. The number of fused-ring (bicyclic) bond motifs is 1. The Hall–Kier alpha value is -1.94. The molecule has 2 aliphatic heterocycles. The number of alkyl halides is 3. The van der Waals surface area contributed by atoms with Gasteiger partial charge in [-0.2, -0.15) is 13.2 Å². The Morgan fingerprint density at radius 3 is 2.73 bits per heavy atom. The van der Waals surface area contributed by atoms with Gasteiger partial charge in [-0.05, 0) is 46.2 Å². The zero-order valence-electron chi connectivity index (χ0n) is 17.2. The summed E-state index contributed by atoms with van der Waals surface area (Å²) in [6.45, 7) is 7.51. The van der Waals surface area contributed by atoms with Gasteiger partial charge >= 0.3 is 12.3 Å². The maximum absolute atomic E-state index is 13.0. The van der Waals surface area contributed by atoms with Gasteiger partial charge in [-0.1, -0.05) is 0 Å². The van der Waals surface area contributed by atoms with Gasteiger partial charge in [-0.3, -0.25) is 4.90 Å². The molecule has 2 atom stereocenters. The number of rotatable bonds is 2. The summed E-state index contributed by atoms with van der Waals surface area (Å²) >= 11 is 1.03. The van der Waals surface area contributed by atoms with Gasteiger partial charge in [0.25, 0.3) is 0 Å². The van der Waals surface area contributed by atoms with E-state index in [1.54, 1.807) is 4.90 Å². The number of nitrogens with zero attached hydrogens (tertiary/aromatic N) is 3. The second-order valence-electron chi connectivity index (χ2n) is 9.10. The van der Waals surface area contributed by atoms with Gasteiger partial charge in [0, 0.05) is 28.8 Å². The summed E-state index contributed by atoms with van der Waals surface area (Å²) < 4.78 is 44.4. The molecule has 0 bridgehead atoms. The molecular weight excluding hydrogens is 417 g/mol. The molecule has 1 N–H and O–H groups in total. The van der Waals surface area contributed by atoms with E-state index in [4.69, 9.17) is 4.74 Å². The highest BCUT2D eigenvalue weighted by atomic mass is 32.1. The fourth-order valence-corrected chi connectivity index (χ4v) is 5.56. The van der Waals surface area contributed by atoms with Crippen molar-refractivity contribution in [1.82, 2.24) is 20.2 Å². The average molecular weight is 443 g/mol. The number of aromatic nitrogens is 2. The fourth-order valence-electron chi connectivity index (χ4n) is 4.53. The Kier molecular flexibility index (Phi) is 5.21. The van der Waals surface area contributed by atoms with E-state index in [1.165, 1.54) is 12.4 Å². The second kappa shape index (κ2) is 7.33. The number of likely N-dealkylation sites (tertiary alicyclic amines) is 1. The van der Waals surface area contributed by atoms with Crippen LogP contribution in [0, 0.1) is 5.41 Å². The first-order valence-electron chi connectivity index (χ1n) is 9.98. The number of hydrogen-bond acceptors (Lipinski definition) is 6. The molecule has 2 aromatic rings. The van der Waals surface area contributed by atoms with Crippen molar-refractivity contribution in [2.24, 2.45) is 5.41 Å². The lowest BCUT2D eigenvalue weighted by Crippen LogP contribution is -2.40. The van der Waals surface area contributed by atoms with E-state index >= 15 is 0 Å². The highest BCUT2D eigenvalue weighted by molar-refractivity contribution is 7.18. The van der Waals surface area contributed by atoms with Crippen molar-refractivity contribution in [3.05, 3.63) is 23.0 Å². The van der Waals surface area contributed by atoms with Crippen LogP contribution in [0.25, 0.3) is 10.2 Å². The van der Waals surface area contributed by atoms with Gasteiger partial charge in [0.2, 0.25) is 0 Å². The molecule has 2 saturated heterocycles. The molecule has 0 radical (unpaired) electrons. The first-order chi connectivity index (χ1) is 14.0. The van der Waals surface area contributed by atoms with Crippen LogP contribution in [0.5, 0.6) is 0 Å². The van der Waals surface area contributed by atoms with Gasteiger partial charge in [-0.25, -0.2) is 14.8 Å². The number of nitrogens with one attached hydrogen (secondary N) is 1. The smallest absolute Gasteiger partial charge is 0.410 e. The molecule has 0 saturated carbocycles. The van der Waals surface area contributed by atoms with Gasteiger partial charge in [0.05, 0.1) is 18.2 Å². The lowest BCUT2D eigenvalue weighted by Gasteiger charge is -2.35. The lowest BCUT2D eigenvalue weighted by molar-refractivity contribution is -0.126. The van der Waals surface area contributed by atoms with Gasteiger partial charge in [0.1, 0.15) is 16.8 Å². The molecule has 10 heteroatoms. The first kappa shape index (κ1) is 21.3. The predicted octanol–water partition coefficient (Wildman–Crippen LogP) is 4.46. The number of thiophene rings is 1. The molecule has 1 amide bonds. The van der Waals surface area contributed by atoms with E-state index in [0.717, 1.165) is 37.3 Å². The highest BCUT2D eigenvalue weighted by Crippen LogP contribution is 2.52. The van der Waals surface area contributed by atoms with E-state index in [2.05, 4.69) is 15.3 Å². The summed E-state index contributed by atoms with van der Waals surface area (Å²) in [5.74, 6) is 0. The standard InChI is InChI=1S/C20H25F3N4O2S/c1-18(2,3)29-17(28)27-7-5-19(4-6-24-10-19)15(27)14-13-8-12(9-20(21,22)23)30-16(13)26-11-25-14/h8,11,15,24H,4-7,9-10H2,1-3H3. The number of carbonyl (C=O) groups excluding carboxylic acids is 1. The second-order valence-corrected chi connectivity index (χ2v) is 10.2. The van der Waals surface area contributed by atoms with Gasteiger partial charge in [-0.15, -0.1) is 11.3 Å². The minimum Gasteiger partial charge on any atom is -0.444 e. The third-order valence-corrected chi connectivity index (χ3v) is 6.74. The number of carbonyl (C=O) groups is 1. The van der Waals surface area contributed by atoms with Crippen molar-refractivity contribution in [1.29, 1.82) is 0 Å². The van der Waals surface area contributed by atoms with Crippen LogP contribution in [0.3, 0.4) is 0 Å². The van der Waals surface area contributed by atoms with Crippen LogP contribution >= 0.6 is 11.3 Å². The molecule has 0 aromatic carbocycles. The molecule has 4 rings (SSSR count). The van der Waals surface area contributed by atoms with Crippen molar-refractivity contribution in [3.63, 3.8) is 0 Å². The minimum atomic E-state index is -4.29. The molecule has 164 valence electrons. The quantitative estimate of drug-likeness (QED) is 0.744.